The quantitative estimate of drug-likeness (QED) is 0.513. The number of nitrogens with zero attached hydrogens (tertiary/aromatic N) is 1. The van der Waals surface area contributed by atoms with E-state index < -0.39 is 30.5 Å². The Morgan fingerprint density at radius 3 is 2.29 bits per heavy atom. The van der Waals surface area contributed by atoms with Crippen LogP contribution in [0.3, 0.4) is 0 Å². The molecule has 0 aliphatic rings. The Balaban J connectivity index is 3.12. The third kappa shape index (κ3) is 5.33. The van der Waals surface area contributed by atoms with E-state index in [0.717, 1.165) is 12.1 Å². The first kappa shape index (κ1) is 17.4. The highest BCUT2D eigenvalue weighted by molar-refractivity contribution is 6.32. The molecule has 0 fully saturated rings. The van der Waals surface area contributed by atoms with Crippen LogP contribution in [0.4, 0.5) is 32.0 Å². The summed E-state index contributed by atoms with van der Waals surface area (Å²) < 4.78 is 77.4. The lowest BCUT2D eigenvalue weighted by Gasteiger charge is -2.13. The molecule has 0 spiro atoms. The van der Waals surface area contributed by atoms with Crippen LogP contribution in [0, 0.1) is 6.92 Å². The second kappa shape index (κ2) is 6.00. The molecular weight excluding hydrogens is 326 g/mol. The first-order chi connectivity index (χ1) is 9.40. The Labute approximate surface area is 120 Å². The summed E-state index contributed by atoms with van der Waals surface area (Å²) in [7, 11) is 0. The average molecular weight is 335 g/mol. The van der Waals surface area contributed by atoms with E-state index in [9.17, 15) is 26.3 Å². The summed E-state index contributed by atoms with van der Waals surface area (Å²) in [6, 6.07) is 2.00. The average Bonchev–Trinajstić information content (AvgIpc) is 2.28. The summed E-state index contributed by atoms with van der Waals surface area (Å²) in [6.07, 6.45) is -9.46. The summed E-state index contributed by atoms with van der Waals surface area (Å²) in [6.45, 7) is -0.254. The molecule has 0 radical (unpaired) electrons. The molecule has 21 heavy (non-hydrogen) atoms. The van der Waals surface area contributed by atoms with Crippen LogP contribution in [0.1, 0.15) is 5.56 Å². The van der Waals surface area contributed by atoms with Crippen LogP contribution in [-0.2, 0) is 0 Å². The number of rotatable bonds is 3. The number of aliphatic imine (C=N–C) groups is 1. The molecule has 0 aromatic heterocycles. The number of hydrogen-bond donors (Lipinski definition) is 1. The fourth-order valence-electron chi connectivity index (χ4n) is 1.23. The van der Waals surface area contributed by atoms with Crippen molar-refractivity contribution in [1.82, 2.24) is 0 Å². The first-order valence-electron chi connectivity index (χ1n) is 5.31. The van der Waals surface area contributed by atoms with E-state index in [0.29, 0.717) is 0 Å². The molecule has 0 aliphatic heterocycles. The molecule has 0 bridgehead atoms. The Kier molecular flexibility index (Phi) is 4.98. The van der Waals surface area contributed by atoms with Gasteiger partial charge in [0.1, 0.15) is 5.75 Å². The van der Waals surface area contributed by atoms with E-state index in [-0.39, 0.29) is 16.3 Å². The third-order valence-corrected chi connectivity index (χ3v) is 2.47. The van der Waals surface area contributed by atoms with Crippen LogP contribution < -0.4 is 10.5 Å². The zero-order valence-electron chi connectivity index (χ0n) is 10.4. The fourth-order valence-corrected chi connectivity index (χ4v) is 1.50. The number of benzene rings is 1. The molecule has 10 heteroatoms. The Morgan fingerprint density at radius 2 is 1.81 bits per heavy atom. The van der Waals surface area contributed by atoms with E-state index >= 15 is 0 Å². The number of ether oxygens (including phenoxy) is 1. The van der Waals surface area contributed by atoms with Crippen LogP contribution >= 0.6 is 11.6 Å². The topological polar surface area (TPSA) is 47.6 Å². The zero-order chi connectivity index (χ0) is 16.4. The van der Waals surface area contributed by atoms with Crippen molar-refractivity contribution in [2.45, 2.75) is 19.3 Å². The van der Waals surface area contributed by atoms with Crippen LogP contribution in [0.25, 0.3) is 0 Å². The van der Waals surface area contributed by atoms with Crippen molar-refractivity contribution in [2.24, 2.45) is 10.7 Å². The molecule has 0 unspecified atom stereocenters. The molecule has 0 heterocycles. The Bertz CT molecular complexity index is 553. The highest BCUT2D eigenvalue weighted by atomic mass is 35.5. The predicted octanol–water partition coefficient (Wildman–Crippen LogP) is 4.14. The van der Waals surface area contributed by atoms with Crippen molar-refractivity contribution >= 4 is 23.1 Å². The first-order valence-corrected chi connectivity index (χ1v) is 5.69. The minimum atomic E-state index is -4.85. The maximum Gasteiger partial charge on any atom is 0.448 e. The molecule has 0 aliphatic carbocycles. The van der Waals surface area contributed by atoms with Crippen molar-refractivity contribution in [1.29, 1.82) is 0 Å². The molecule has 118 valence electrons. The van der Waals surface area contributed by atoms with Gasteiger partial charge in [0, 0.05) is 6.07 Å². The Hall–Kier alpha value is -1.64. The van der Waals surface area contributed by atoms with Crippen molar-refractivity contribution in [3.8, 4) is 5.75 Å². The van der Waals surface area contributed by atoms with E-state index in [1.165, 1.54) is 6.92 Å². The molecule has 0 amide bonds. The van der Waals surface area contributed by atoms with Gasteiger partial charge < -0.3 is 10.5 Å². The molecule has 0 saturated carbocycles. The number of amidine groups is 1. The second-order valence-corrected chi connectivity index (χ2v) is 4.37. The fraction of sp³-hybridized carbons (Fsp3) is 0.364. The minimum Gasteiger partial charge on any atom is -0.482 e. The lowest BCUT2D eigenvalue weighted by atomic mass is 10.2. The highest BCUT2D eigenvalue weighted by Gasteiger charge is 2.34. The molecule has 0 saturated heterocycles. The van der Waals surface area contributed by atoms with Gasteiger partial charge in [-0.2, -0.15) is 26.3 Å². The molecule has 0 atom stereocenters. The largest absolute Gasteiger partial charge is 0.482 e. The van der Waals surface area contributed by atoms with Gasteiger partial charge in [-0.15, -0.1) is 0 Å². The third-order valence-electron chi connectivity index (χ3n) is 2.17. The second-order valence-electron chi connectivity index (χ2n) is 3.97. The van der Waals surface area contributed by atoms with E-state index in [1.54, 1.807) is 0 Å². The van der Waals surface area contributed by atoms with Crippen LogP contribution in [0.5, 0.6) is 5.75 Å². The summed E-state index contributed by atoms with van der Waals surface area (Å²) in [4.78, 5) is 3.13. The van der Waals surface area contributed by atoms with Crippen LogP contribution in [0.15, 0.2) is 17.1 Å². The van der Waals surface area contributed by atoms with Gasteiger partial charge in [-0.3, -0.25) is 0 Å². The maximum atomic E-state index is 12.3. The number of halogens is 7. The van der Waals surface area contributed by atoms with Crippen molar-refractivity contribution in [3.63, 3.8) is 0 Å². The van der Waals surface area contributed by atoms with Gasteiger partial charge in [-0.05, 0) is 18.6 Å². The van der Waals surface area contributed by atoms with Crippen molar-refractivity contribution < 1.29 is 31.1 Å². The number of nitrogens with two attached hydrogens (primary N) is 1. The standard InChI is InChI=1S/C11H9ClF6N2O/c1-5-2-6(12)8(21-4-10(13,14)15)3-7(5)20-9(19)11(16,17)18/h2-3H,4H2,1H3,(H2,19,20). The molecule has 1 aromatic rings. The summed E-state index contributed by atoms with van der Waals surface area (Å²) >= 11 is 5.66. The predicted molar refractivity (Wildman–Crippen MR) is 65.1 cm³/mol. The Morgan fingerprint density at radius 1 is 1.24 bits per heavy atom. The SMILES string of the molecule is Cc1cc(Cl)c(OCC(F)(F)F)cc1N=C(N)C(F)(F)F. The smallest absolute Gasteiger partial charge is 0.448 e. The van der Waals surface area contributed by atoms with E-state index in [1.807, 2.05) is 0 Å². The van der Waals surface area contributed by atoms with Gasteiger partial charge in [0.2, 0.25) is 5.84 Å². The summed E-state index contributed by atoms with van der Waals surface area (Å²) in [5, 5.41) is -0.179. The van der Waals surface area contributed by atoms with Gasteiger partial charge in [0.15, 0.2) is 6.61 Å². The maximum absolute atomic E-state index is 12.3. The van der Waals surface area contributed by atoms with Gasteiger partial charge >= 0.3 is 12.4 Å². The van der Waals surface area contributed by atoms with E-state index in [4.69, 9.17) is 17.3 Å². The lowest BCUT2D eigenvalue weighted by molar-refractivity contribution is -0.153. The number of alkyl halides is 6. The molecule has 1 aromatic carbocycles. The normalized spacial score (nSPS) is 13.4. The highest BCUT2D eigenvalue weighted by Crippen LogP contribution is 2.34. The minimum absolute atomic E-state index is 0.179. The van der Waals surface area contributed by atoms with Gasteiger partial charge in [0.25, 0.3) is 0 Å². The van der Waals surface area contributed by atoms with E-state index in [2.05, 4.69) is 9.73 Å². The summed E-state index contributed by atoms with van der Waals surface area (Å²) in [5.74, 6) is -2.07. The van der Waals surface area contributed by atoms with Gasteiger partial charge in [0.05, 0.1) is 10.7 Å². The van der Waals surface area contributed by atoms with Gasteiger partial charge in [-0.1, -0.05) is 11.6 Å². The molecular formula is C11H9ClF6N2O. The number of hydrogen-bond acceptors (Lipinski definition) is 2. The van der Waals surface area contributed by atoms with Crippen LogP contribution in [-0.4, -0.2) is 24.8 Å². The molecule has 1 rings (SSSR count). The molecule has 3 nitrogen and oxygen atoms in total. The zero-order valence-corrected chi connectivity index (χ0v) is 11.2. The van der Waals surface area contributed by atoms with Crippen molar-refractivity contribution in [3.05, 3.63) is 22.7 Å². The number of aryl methyl sites for hydroxylation is 1. The van der Waals surface area contributed by atoms with Crippen LogP contribution in [0.2, 0.25) is 5.02 Å². The summed E-state index contributed by atoms with van der Waals surface area (Å²) in [5.41, 5.74) is 4.67. The monoisotopic (exact) mass is 334 g/mol. The lowest BCUT2D eigenvalue weighted by Crippen LogP contribution is -2.30. The van der Waals surface area contributed by atoms with Gasteiger partial charge in [-0.25, -0.2) is 4.99 Å². The molecule has 2 N–H and O–H groups in total. The van der Waals surface area contributed by atoms with Crippen molar-refractivity contribution in [2.75, 3.05) is 6.61 Å².